The third-order valence-corrected chi connectivity index (χ3v) is 4.80. The highest BCUT2D eigenvalue weighted by Gasteiger charge is 2.87. The van der Waals surface area contributed by atoms with Crippen LogP contribution in [0.4, 0.5) is 9.59 Å². The molecule has 2 saturated heterocycles. The summed E-state index contributed by atoms with van der Waals surface area (Å²) >= 11 is 0. The van der Waals surface area contributed by atoms with E-state index in [1.807, 2.05) is 29.9 Å². The van der Waals surface area contributed by atoms with Crippen molar-refractivity contribution in [2.45, 2.75) is 11.6 Å². The molecule has 3 aliphatic rings. The lowest BCUT2D eigenvalue weighted by Gasteiger charge is -2.39. The summed E-state index contributed by atoms with van der Waals surface area (Å²) in [4.78, 5) is 33.3. The van der Waals surface area contributed by atoms with Crippen molar-refractivity contribution in [1.29, 1.82) is 0 Å². The van der Waals surface area contributed by atoms with Gasteiger partial charge >= 0.3 is 23.6 Å². The Morgan fingerprint density at radius 1 is 0.895 bits per heavy atom. The second-order valence-corrected chi connectivity index (χ2v) is 5.41. The summed E-state index contributed by atoms with van der Waals surface area (Å²) < 4.78 is 1.91. The van der Waals surface area contributed by atoms with Gasteiger partial charge in [0.15, 0.2) is 0 Å². The fourth-order valence-electron chi connectivity index (χ4n) is 4.17. The van der Waals surface area contributed by atoms with Crippen molar-refractivity contribution in [3.8, 4) is 0 Å². The minimum Gasteiger partial charge on any atom is -0.260 e. The number of nitrogens with zero attached hydrogens (tertiary/aromatic N) is 6. The van der Waals surface area contributed by atoms with Gasteiger partial charge in [-0.3, -0.25) is 19.6 Å². The molecule has 0 aromatic rings. The molecule has 3 rings (SSSR count). The average molecular weight is 267 g/mol. The standard InChI is InChI=1S/C11H19N6O2/c1-12-7-13(2)11-10(12,14(3)8(18)16(11)5)15(4)9(19)17(11)6/h7H,1-6H3/q+1. The van der Waals surface area contributed by atoms with Gasteiger partial charge in [0, 0.05) is 28.2 Å². The van der Waals surface area contributed by atoms with Crippen molar-refractivity contribution >= 4 is 18.4 Å². The van der Waals surface area contributed by atoms with Gasteiger partial charge in [-0.2, -0.15) is 0 Å². The molecule has 0 aromatic heterocycles. The molecule has 0 radical (unpaired) electrons. The Labute approximate surface area is 112 Å². The number of carbonyl (C=O) groups is 2. The lowest BCUT2D eigenvalue weighted by molar-refractivity contribution is -0.628. The van der Waals surface area contributed by atoms with E-state index in [1.54, 1.807) is 47.8 Å². The monoisotopic (exact) mass is 267 g/mol. The molecule has 19 heavy (non-hydrogen) atoms. The van der Waals surface area contributed by atoms with E-state index in [0.29, 0.717) is 0 Å². The maximum atomic E-state index is 12.4. The topological polar surface area (TPSA) is 53.4 Å². The number of likely N-dealkylation sites (N-methyl/N-ethyl adjacent to an activating group) is 6. The van der Waals surface area contributed by atoms with Crippen molar-refractivity contribution in [1.82, 2.24) is 24.5 Å². The average Bonchev–Trinajstić information content (AvgIpc) is 2.79. The highest BCUT2D eigenvalue weighted by molar-refractivity contribution is 5.88. The van der Waals surface area contributed by atoms with Crippen LogP contribution in [-0.4, -0.2) is 101 Å². The number of carbonyl (C=O) groups excluding carboxylic acids is 2. The van der Waals surface area contributed by atoms with Gasteiger partial charge in [0.2, 0.25) is 6.34 Å². The third kappa shape index (κ3) is 0.791. The zero-order chi connectivity index (χ0) is 14.3. The summed E-state index contributed by atoms with van der Waals surface area (Å²) in [6.07, 6.45) is 1.92. The van der Waals surface area contributed by atoms with E-state index in [-0.39, 0.29) is 12.1 Å². The molecular weight excluding hydrogens is 248 g/mol. The first kappa shape index (κ1) is 12.1. The first-order chi connectivity index (χ1) is 8.75. The molecule has 0 spiro atoms. The van der Waals surface area contributed by atoms with Crippen LogP contribution < -0.4 is 0 Å². The van der Waals surface area contributed by atoms with Gasteiger partial charge in [0.05, 0.1) is 14.1 Å². The van der Waals surface area contributed by atoms with E-state index in [4.69, 9.17) is 0 Å². The van der Waals surface area contributed by atoms with Crippen molar-refractivity contribution in [2.75, 3.05) is 42.3 Å². The van der Waals surface area contributed by atoms with Crippen LogP contribution >= 0.6 is 0 Å². The summed E-state index contributed by atoms with van der Waals surface area (Å²) in [6.45, 7) is 0. The molecule has 2 fully saturated rings. The minimum atomic E-state index is -0.848. The summed E-state index contributed by atoms with van der Waals surface area (Å²) in [6, 6.07) is -0.226. The molecule has 8 nitrogen and oxygen atoms in total. The molecule has 0 aromatic carbocycles. The van der Waals surface area contributed by atoms with Gasteiger partial charge in [-0.05, 0) is 0 Å². The van der Waals surface area contributed by atoms with E-state index in [2.05, 4.69) is 0 Å². The number of rotatable bonds is 0. The maximum Gasteiger partial charge on any atom is 0.354 e. The van der Waals surface area contributed by atoms with E-state index in [1.165, 1.54) is 0 Å². The number of amides is 4. The van der Waals surface area contributed by atoms with E-state index in [0.717, 1.165) is 0 Å². The van der Waals surface area contributed by atoms with Crippen LogP contribution in [0, 0.1) is 0 Å². The van der Waals surface area contributed by atoms with Gasteiger partial charge in [0.25, 0.3) is 0 Å². The summed E-state index contributed by atoms with van der Waals surface area (Å²) in [5.41, 5.74) is 0. The quantitative estimate of drug-likeness (QED) is 0.524. The van der Waals surface area contributed by atoms with Gasteiger partial charge < -0.3 is 0 Å². The molecule has 8 heteroatoms. The zero-order valence-electron chi connectivity index (χ0n) is 12.1. The lowest BCUT2D eigenvalue weighted by Crippen LogP contribution is -2.71. The maximum absolute atomic E-state index is 12.4. The largest absolute Gasteiger partial charge is 0.354 e. The van der Waals surface area contributed by atoms with Crippen molar-refractivity contribution in [3.05, 3.63) is 0 Å². The fourth-order valence-corrected chi connectivity index (χ4v) is 4.17. The van der Waals surface area contributed by atoms with E-state index in [9.17, 15) is 9.59 Å². The Morgan fingerprint density at radius 3 is 1.68 bits per heavy atom. The summed E-state index contributed by atoms with van der Waals surface area (Å²) in [5, 5.41) is 0. The number of urea groups is 2. The summed E-state index contributed by atoms with van der Waals surface area (Å²) in [7, 11) is 10.7. The first-order valence-corrected chi connectivity index (χ1v) is 6.09. The van der Waals surface area contributed by atoms with Crippen molar-refractivity contribution in [3.63, 3.8) is 0 Å². The third-order valence-electron chi connectivity index (χ3n) is 4.80. The van der Waals surface area contributed by atoms with Crippen molar-refractivity contribution in [2.24, 2.45) is 0 Å². The Hall–Kier alpha value is -1.99. The van der Waals surface area contributed by atoms with Crippen LogP contribution in [0.25, 0.3) is 0 Å². The molecule has 0 unspecified atom stereocenters. The summed E-state index contributed by atoms with van der Waals surface area (Å²) in [5.74, 6) is -1.70. The zero-order valence-corrected chi connectivity index (χ0v) is 12.1. The fraction of sp³-hybridized carbons (Fsp3) is 0.727. The van der Waals surface area contributed by atoms with Gasteiger partial charge in [-0.15, -0.1) is 0 Å². The van der Waals surface area contributed by atoms with Gasteiger partial charge in [-0.1, -0.05) is 0 Å². The molecule has 104 valence electrons. The van der Waals surface area contributed by atoms with Crippen LogP contribution in [0.3, 0.4) is 0 Å². The molecule has 3 aliphatic heterocycles. The molecule has 0 aliphatic carbocycles. The van der Waals surface area contributed by atoms with Crippen LogP contribution in [0.15, 0.2) is 0 Å². The predicted octanol–water partition coefficient (Wildman–Crippen LogP) is -1.10. The first-order valence-electron chi connectivity index (χ1n) is 6.09. The molecule has 3 heterocycles. The molecule has 4 amide bonds. The van der Waals surface area contributed by atoms with Crippen LogP contribution in [-0.2, 0) is 0 Å². The second-order valence-electron chi connectivity index (χ2n) is 5.41. The Balaban J connectivity index is 2.38. The molecule has 0 N–H and O–H groups in total. The van der Waals surface area contributed by atoms with Crippen LogP contribution in [0.2, 0.25) is 0 Å². The van der Waals surface area contributed by atoms with Crippen LogP contribution in [0.5, 0.6) is 0 Å². The normalized spacial score (nSPS) is 37.4. The minimum absolute atomic E-state index is 0.113. The lowest BCUT2D eigenvalue weighted by atomic mass is 10.1. The molecule has 0 atom stereocenters. The SMILES string of the molecule is CN1C=[N+](C)C23N(C)C(=O)N(C)C12N(C)C(=O)N3C. The highest BCUT2D eigenvalue weighted by Crippen LogP contribution is 2.52. The van der Waals surface area contributed by atoms with Gasteiger partial charge in [0.1, 0.15) is 0 Å². The smallest absolute Gasteiger partial charge is 0.260 e. The Morgan fingerprint density at radius 2 is 1.32 bits per heavy atom. The van der Waals surface area contributed by atoms with Crippen LogP contribution in [0.1, 0.15) is 0 Å². The Bertz CT molecular complexity index is 501. The molecule has 0 saturated carbocycles. The molecule has 0 bridgehead atoms. The second kappa shape index (κ2) is 2.94. The van der Waals surface area contributed by atoms with E-state index >= 15 is 0 Å². The van der Waals surface area contributed by atoms with Crippen molar-refractivity contribution < 1.29 is 14.2 Å². The molecular formula is C11H19N6O2+. The number of hydrogen-bond donors (Lipinski definition) is 0. The van der Waals surface area contributed by atoms with E-state index < -0.39 is 11.6 Å². The van der Waals surface area contributed by atoms with Gasteiger partial charge in [-0.25, -0.2) is 19.1 Å². The Kier molecular flexibility index (Phi) is 1.87. The predicted molar refractivity (Wildman–Crippen MR) is 67.3 cm³/mol. The highest BCUT2D eigenvalue weighted by atomic mass is 16.2. The number of hydrogen-bond acceptors (Lipinski definition) is 3.